The van der Waals surface area contributed by atoms with Crippen LogP contribution in [0.3, 0.4) is 0 Å². The average Bonchev–Trinajstić information content (AvgIpc) is 2.48. The van der Waals surface area contributed by atoms with Crippen molar-refractivity contribution in [3.8, 4) is 0 Å². The van der Waals surface area contributed by atoms with Gasteiger partial charge in [0.25, 0.3) is 0 Å². The number of carboxylic acid groups (broad SMARTS) is 1. The van der Waals surface area contributed by atoms with E-state index in [2.05, 4.69) is 26.0 Å². The van der Waals surface area contributed by atoms with Crippen LogP contribution in [0.1, 0.15) is 64.7 Å². The molecule has 0 aliphatic rings. The van der Waals surface area contributed by atoms with Gasteiger partial charge >= 0.3 is 5.97 Å². The fourth-order valence-corrected chi connectivity index (χ4v) is 2.67. The Morgan fingerprint density at radius 1 is 0.917 bits per heavy atom. The third kappa shape index (κ3) is 14.2. The van der Waals surface area contributed by atoms with Crippen LogP contribution in [0.15, 0.2) is 12.2 Å². The third-order valence-corrected chi connectivity index (χ3v) is 4.27. The summed E-state index contributed by atoms with van der Waals surface area (Å²) in [5, 5.41) is 11.5. The molecule has 0 saturated carbocycles. The fraction of sp³-hybridized carbons (Fsp3) is 0.789. The number of nitrogens with zero attached hydrogens (tertiary/aromatic N) is 1. The predicted molar refractivity (Wildman–Crippen MR) is 98.9 cm³/mol. The summed E-state index contributed by atoms with van der Waals surface area (Å²) in [5.41, 5.74) is 0.569. The Morgan fingerprint density at radius 2 is 1.42 bits per heavy atom. The molecule has 0 atom stereocenters. The Balaban J connectivity index is 3.42. The topological polar surface area (TPSA) is 66.4 Å². The molecule has 0 spiro atoms. The number of carbonyl (C=O) groups is 2. The highest BCUT2D eigenvalue weighted by molar-refractivity contribution is 5.91. The highest BCUT2D eigenvalue weighted by Gasteiger charge is 2.14. The standard InChI is InChI=1S/C19H36N2O3/c1-17(2)19(24)20-14-10-8-6-5-7-9-11-15-21(3,4)16-12-13-18(22)23/h1,5-16H2,2-4H3,(H-,20,22,23,24)/p+1. The van der Waals surface area contributed by atoms with Crippen LogP contribution in [-0.2, 0) is 9.59 Å². The molecule has 0 fully saturated rings. The number of unbranched alkanes of at least 4 members (excludes halogenated alkanes) is 6. The van der Waals surface area contributed by atoms with E-state index >= 15 is 0 Å². The van der Waals surface area contributed by atoms with Gasteiger partial charge in [-0.2, -0.15) is 0 Å². The lowest BCUT2D eigenvalue weighted by molar-refractivity contribution is -0.890. The van der Waals surface area contributed by atoms with Crippen molar-refractivity contribution in [2.75, 3.05) is 33.7 Å². The van der Waals surface area contributed by atoms with E-state index in [-0.39, 0.29) is 12.3 Å². The minimum atomic E-state index is -0.700. The molecule has 140 valence electrons. The zero-order chi connectivity index (χ0) is 18.4. The molecule has 0 radical (unpaired) electrons. The molecule has 0 heterocycles. The maximum absolute atomic E-state index is 11.3. The van der Waals surface area contributed by atoms with Gasteiger partial charge in [0.05, 0.1) is 33.6 Å². The first-order valence-corrected chi connectivity index (χ1v) is 9.22. The Labute approximate surface area is 147 Å². The zero-order valence-electron chi connectivity index (χ0n) is 15.9. The molecule has 0 unspecified atom stereocenters. The largest absolute Gasteiger partial charge is 0.481 e. The molecule has 0 rings (SSSR count). The molecule has 0 saturated heterocycles. The third-order valence-electron chi connectivity index (χ3n) is 4.27. The molecule has 0 aliphatic carbocycles. The molecular weight excluding hydrogens is 304 g/mol. The Kier molecular flexibility index (Phi) is 12.3. The number of carboxylic acids is 1. The summed E-state index contributed by atoms with van der Waals surface area (Å²) in [7, 11) is 4.36. The molecule has 0 aliphatic heterocycles. The van der Waals surface area contributed by atoms with Gasteiger partial charge in [-0.15, -0.1) is 0 Å². The minimum absolute atomic E-state index is 0.0425. The molecule has 5 heteroatoms. The van der Waals surface area contributed by atoms with Crippen LogP contribution in [0.4, 0.5) is 0 Å². The minimum Gasteiger partial charge on any atom is -0.481 e. The summed E-state index contributed by atoms with van der Waals surface area (Å²) in [6.07, 6.45) is 9.40. The van der Waals surface area contributed by atoms with Gasteiger partial charge in [0, 0.05) is 18.5 Å². The van der Waals surface area contributed by atoms with Gasteiger partial charge < -0.3 is 14.9 Å². The highest BCUT2D eigenvalue weighted by Crippen LogP contribution is 2.10. The second kappa shape index (κ2) is 13.0. The van der Waals surface area contributed by atoms with Gasteiger partial charge in [-0.25, -0.2) is 0 Å². The van der Waals surface area contributed by atoms with E-state index in [0.29, 0.717) is 5.57 Å². The second-order valence-corrected chi connectivity index (χ2v) is 7.39. The number of carbonyl (C=O) groups excluding carboxylic acids is 1. The van der Waals surface area contributed by atoms with E-state index < -0.39 is 5.97 Å². The molecule has 1 amide bonds. The van der Waals surface area contributed by atoms with Crippen LogP contribution in [0.25, 0.3) is 0 Å². The van der Waals surface area contributed by atoms with Crippen molar-refractivity contribution in [1.82, 2.24) is 5.32 Å². The lowest BCUT2D eigenvalue weighted by Gasteiger charge is -2.29. The van der Waals surface area contributed by atoms with Crippen molar-refractivity contribution in [3.63, 3.8) is 0 Å². The Hall–Kier alpha value is -1.36. The Morgan fingerprint density at radius 3 is 1.96 bits per heavy atom. The normalized spacial score (nSPS) is 11.3. The maximum Gasteiger partial charge on any atom is 0.303 e. The highest BCUT2D eigenvalue weighted by atomic mass is 16.4. The van der Waals surface area contributed by atoms with E-state index in [1.165, 1.54) is 32.1 Å². The molecule has 0 aromatic rings. The number of quaternary nitrogens is 1. The first-order chi connectivity index (χ1) is 11.2. The van der Waals surface area contributed by atoms with Crippen LogP contribution in [0, 0.1) is 0 Å². The fourth-order valence-electron chi connectivity index (χ4n) is 2.67. The molecule has 5 nitrogen and oxygen atoms in total. The van der Waals surface area contributed by atoms with Crippen molar-refractivity contribution in [3.05, 3.63) is 12.2 Å². The van der Waals surface area contributed by atoms with Crippen LogP contribution < -0.4 is 5.32 Å². The summed E-state index contributed by atoms with van der Waals surface area (Å²) in [5.74, 6) is -0.742. The Bertz CT molecular complexity index is 392. The monoisotopic (exact) mass is 341 g/mol. The maximum atomic E-state index is 11.3. The van der Waals surface area contributed by atoms with Crippen LogP contribution in [0.2, 0.25) is 0 Å². The SMILES string of the molecule is C=C(C)C(=O)NCCCCCCCCC[N+](C)(C)CCCC(=O)O. The van der Waals surface area contributed by atoms with Crippen molar-refractivity contribution in [2.24, 2.45) is 0 Å². The quantitative estimate of drug-likeness (QED) is 0.273. The lowest BCUT2D eigenvalue weighted by Crippen LogP contribution is -2.41. The van der Waals surface area contributed by atoms with Gasteiger partial charge in [0.15, 0.2) is 0 Å². The van der Waals surface area contributed by atoms with Crippen molar-refractivity contribution in [2.45, 2.75) is 64.7 Å². The molecule has 2 N–H and O–H groups in total. The molecule has 0 aromatic carbocycles. The summed E-state index contributed by atoms with van der Waals surface area (Å²) in [4.78, 5) is 21.8. The number of hydrogen-bond donors (Lipinski definition) is 2. The van der Waals surface area contributed by atoms with E-state index in [4.69, 9.17) is 5.11 Å². The number of aliphatic carboxylic acids is 1. The summed E-state index contributed by atoms with van der Waals surface area (Å²) >= 11 is 0. The summed E-state index contributed by atoms with van der Waals surface area (Å²) in [6, 6.07) is 0. The van der Waals surface area contributed by atoms with E-state index in [9.17, 15) is 9.59 Å². The average molecular weight is 342 g/mol. The summed E-state index contributed by atoms with van der Waals surface area (Å²) < 4.78 is 0.912. The predicted octanol–water partition coefficient (Wildman–Crippen LogP) is 3.35. The number of rotatable bonds is 15. The van der Waals surface area contributed by atoms with Crippen molar-refractivity contribution < 1.29 is 19.2 Å². The molecule has 0 bridgehead atoms. The summed E-state index contributed by atoms with van der Waals surface area (Å²) in [6.45, 7) is 8.13. The molecule has 24 heavy (non-hydrogen) atoms. The first kappa shape index (κ1) is 22.6. The number of nitrogens with one attached hydrogen (secondary N) is 1. The van der Waals surface area contributed by atoms with Gasteiger partial charge in [0.2, 0.25) is 5.91 Å². The van der Waals surface area contributed by atoms with Gasteiger partial charge in [0.1, 0.15) is 0 Å². The van der Waals surface area contributed by atoms with Gasteiger partial charge in [-0.3, -0.25) is 9.59 Å². The van der Waals surface area contributed by atoms with Crippen LogP contribution in [-0.4, -0.2) is 55.2 Å². The first-order valence-electron chi connectivity index (χ1n) is 9.22. The van der Waals surface area contributed by atoms with Crippen molar-refractivity contribution >= 4 is 11.9 Å². The smallest absolute Gasteiger partial charge is 0.303 e. The van der Waals surface area contributed by atoms with Crippen molar-refractivity contribution in [1.29, 1.82) is 0 Å². The van der Waals surface area contributed by atoms with Crippen LogP contribution in [0.5, 0.6) is 0 Å². The van der Waals surface area contributed by atoms with Gasteiger partial charge in [-0.1, -0.05) is 32.3 Å². The van der Waals surface area contributed by atoms with Crippen LogP contribution >= 0.6 is 0 Å². The lowest BCUT2D eigenvalue weighted by atomic mass is 10.1. The molecular formula is C19H37N2O3+. The van der Waals surface area contributed by atoms with E-state index in [1.54, 1.807) is 6.92 Å². The molecule has 0 aromatic heterocycles. The zero-order valence-corrected chi connectivity index (χ0v) is 15.9. The van der Waals surface area contributed by atoms with E-state index in [1.807, 2.05) is 0 Å². The number of amides is 1. The number of hydrogen-bond acceptors (Lipinski definition) is 2. The van der Waals surface area contributed by atoms with E-state index in [0.717, 1.165) is 43.4 Å². The second-order valence-electron chi connectivity index (χ2n) is 7.39. The van der Waals surface area contributed by atoms with Gasteiger partial charge in [-0.05, 0) is 26.2 Å².